The number of fused-ring (bicyclic) bond motifs is 1. The number of amides is 1. The minimum Gasteiger partial charge on any atom is -0.497 e. The molecule has 8 heteroatoms. The minimum atomic E-state index is -3.41. The van der Waals surface area contributed by atoms with Gasteiger partial charge >= 0.3 is 0 Å². The molecule has 0 saturated carbocycles. The third-order valence-corrected chi connectivity index (χ3v) is 7.46. The standard InChI is InChI=1S/C22H24N2O4S2/c1-4-13-24-19-12-9-17(28-3)15-20(19)29-22(24)23-21(25)6-5-14-30(26,27)18-10-7-16(2)8-11-18/h4,7-12,15H,1,5-6,13-14H2,2-3H3. The van der Waals surface area contributed by atoms with E-state index in [0.717, 1.165) is 21.5 Å². The summed E-state index contributed by atoms with van der Waals surface area (Å²) in [6, 6.07) is 12.4. The van der Waals surface area contributed by atoms with Gasteiger partial charge in [-0.3, -0.25) is 4.79 Å². The van der Waals surface area contributed by atoms with Crippen LogP contribution < -0.4 is 9.54 Å². The van der Waals surface area contributed by atoms with E-state index in [4.69, 9.17) is 4.74 Å². The van der Waals surface area contributed by atoms with Crippen molar-refractivity contribution in [3.63, 3.8) is 0 Å². The van der Waals surface area contributed by atoms with Gasteiger partial charge in [-0.25, -0.2) is 8.42 Å². The Kier molecular flexibility index (Phi) is 6.89. The second kappa shape index (κ2) is 9.40. The molecule has 0 bridgehead atoms. The van der Waals surface area contributed by atoms with Crippen molar-refractivity contribution in [2.45, 2.75) is 31.2 Å². The lowest BCUT2D eigenvalue weighted by Crippen LogP contribution is -2.16. The van der Waals surface area contributed by atoms with E-state index in [9.17, 15) is 13.2 Å². The van der Waals surface area contributed by atoms with Crippen LogP contribution in [0.3, 0.4) is 0 Å². The largest absolute Gasteiger partial charge is 0.497 e. The zero-order chi connectivity index (χ0) is 21.7. The maximum Gasteiger partial charge on any atom is 0.248 e. The van der Waals surface area contributed by atoms with Crippen LogP contribution in [0.4, 0.5) is 0 Å². The molecule has 0 saturated heterocycles. The SMILES string of the molecule is C=CCn1c(=NC(=O)CCCS(=O)(=O)c2ccc(C)cc2)sc2cc(OC)ccc21. The summed E-state index contributed by atoms with van der Waals surface area (Å²) < 4.78 is 33.0. The number of ether oxygens (including phenoxy) is 1. The Morgan fingerprint density at radius 1 is 1.23 bits per heavy atom. The molecule has 30 heavy (non-hydrogen) atoms. The highest BCUT2D eigenvalue weighted by Crippen LogP contribution is 2.23. The molecular weight excluding hydrogens is 420 g/mol. The van der Waals surface area contributed by atoms with Gasteiger partial charge in [0, 0.05) is 13.0 Å². The number of carbonyl (C=O) groups is 1. The number of nitrogens with zero attached hydrogens (tertiary/aromatic N) is 2. The van der Waals surface area contributed by atoms with Crippen LogP contribution in [0.5, 0.6) is 5.75 Å². The number of hydrogen-bond donors (Lipinski definition) is 0. The summed E-state index contributed by atoms with van der Waals surface area (Å²) in [6.07, 6.45) is 2.03. The van der Waals surface area contributed by atoms with Crippen molar-refractivity contribution in [3.05, 3.63) is 65.5 Å². The number of rotatable bonds is 8. The van der Waals surface area contributed by atoms with Crippen LogP contribution in [0.1, 0.15) is 18.4 Å². The average Bonchev–Trinajstić information content (AvgIpc) is 3.04. The fourth-order valence-corrected chi connectivity index (χ4v) is 5.41. The molecule has 0 fully saturated rings. The smallest absolute Gasteiger partial charge is 0.248 e. The number of methoxy groups -OCH3 is 1. The molecule has 3 rings (SSSR count). The van der Waals surface area contributed by atoms with Gasteiger partial charge in [-0.15, -0.1) is 6.58 Å². The van der Waals surface area contributed by atoms with Crippen molar-refractivity contribution in [3.8, 4) is 5.75 Å². The van der Waals surface area contributed by atoms with Crippen LogP contribution in [-0.2, 0) is 21.2 Å². The van der Waals surface area contributed by atoms with E-state index in [1.165, 1.54) is 11.3 Å². The molecule has 0 aliphatic carbocycles. The van der Waals surface area contributed by atoms with Gasteiger partial charge in [-0.2, -0.15) is 4.99 Å². The van der Waals surface area contributed by atoms with E-state index in [1.807, 2.05) is 29.7 Å². The topological polar surface area (TPSA) is 77.7 Å². The highest BCUT2D eigenvalue weighted by Gasteiger charge is 2.15. The van der Waals surface area contributed by atoms with Crippen LogP contribution in [0.2, 0.25) is 0 Å². The van der Waals surface area contributed by atoms with Crippen molar-refractivity contribution >= 4 is 37.3 Å². The molecule has 0 aliphatic rings. The number of allylic oxidation sites excluding steroid dienone is 1. The summed E-state index contributed by atoms with van der Waals surface area (Å²) in [7, 11) is -1.81. The van der Waals surface area contributed by atoms with Gasteiger partial charge in [0.05, 0.1) is 28.0 Å². The van der Waals surface area contributed by atoms with Crippen LogP contribution in [0.25, 0.3) is 10.2 Å². The maximum absolute atomic E-state index is 12.4. The van der Waals surface area contributed by atoms with Crippen molar-refractivity contribution in [2.24, 2.45) is 4.99 Å². The van der Waals surface area contributed by atoms with Gasteiger partial charge in [0.25, 0.3) is 0 Å². The number of hydrogen-bond acceptors (Lipinski definition) is 5. The fraction of sp³-hybridized carbons (Fsp3) is 0.273. The highest BCUT2D eigenvalue weighted by atomic mass is 32.2. The van der Waals surface area contributed by atoms with Gasteiger partial charge in [-0.05, 0) is 43.7 Å². The predicted octanol–water partition coefficient (Wildman–Crippen LogP) is 3.89. The van der Waals surface area contributed by atoms with Crippen LogP contribution in [0, 0.1) is 6.92 Å². The number of benzene rings is 2. The van der Waals surface area contributed by atoms with Gasteiger partial charge in [0.2, 0.25) is 5.91 Å². The van der Waals surface area contributed by atoms with Gasteiger partial charge in [-0.1, -0.05) is 35.1 Å². The van der Waals surface area contributed by atoms with E-state index in [1.54, 1.807) is 37.5 Å². The van der Waals surface area contributed by atoms with E-state index in [0.29, 0.717) is 11.3 Å². The number of aromatic nitrogens is 1. The lowest BCUT2D eigenvalue weighted by Gasteiger charge is -2.04. The zero-order valence-corrected chi connectivity index (χ0v) is 18.6. The quantitative estimate of drug-likeness (QED) is 0.494. The minimum absolute atomic E-state index is 0.0662. The highest BCUT2D eigenvalue weighted by molar-refractivity contribution is 7.91. The van der Waals surface area contributed by atoms with Gasteiger partial charge < -0.3 is 9.30 Å². The Morgan fingerprint density at radius 3 is 2.63 bits per heavy atom. The van der Waals surface area contributed by atoms with Crippen LogP contribution >= 0.6 is 11.3 Å². The molecule has 158 valence electrons. The number of sulfone groups is 1. The summed E-state index contributed by atoms with van der Waals surface area (Å²) >= 11 is 1.39. The van der Waals surface area contributed by atoms with Crippen molar-refractivity contribution < 1.29 is 17.9 Å². The average molecular weight is 445 g/mol. The molecule has 1 amide bonds. The summed E-state index contributed by atoms with van der Waals surface area (Å²) in [5.74, 6) is 0.298. The Labute approximate surface area is 180 Å². The third kappa shape index (κ3) is 5.06. The normalized spacial score (nSPS) is 12.3. The van der Waals surface area contributed by atoms with Crippen molar-refractivity contribution in [1.29, 1.82) is 0 Å². The first-order valence-electron chi connectivity index (χ1n) is 9.49. The lowest BCUT2D eigenvalue weighted by atomic mass is 10.2. The monoisotopic (exact) mass is 444 g/mol. The number of aryl methyl sites for hydroxylation is 1. The van der Waals surface area contributed by atoms with Crippen LogP contribution in [-0.4, -0.2) is 31.8 Å². The van der Waals surface area contributed by atoms with Crippen LogP contribution in [0.15, 0.2) is 65.0 Å². The van der Waals surface area contributed by atoms with E-state index < -0.39 is 9.84 Å². The second-order valence-electron chi connectivity index (χ2n) is 6.86. The Bertz CT molecular complexity index is 1240. The predicted molar refractivity (Wildman–Crippen MR) is 120 cm³/mol. The Hall–Kier alpha value is -2.71. The molecule has 0 radical (unpaired) electrons. The maximum atomic E-state index is 12.4. The molecule has 0 unspecified atom stereocenters. The summed E-state index contributed by atoms with van der Waals surface area (Å²) in [6.45, 7) is 6.19. The number of carbonyl (C=O) groups excluding carboxylic acids is 1. The summed E-state index contributed by atoms with van der Waals surface area (Å²) in [5.41, 5.74) is 1.94. The summed E-state index contributed by atoms with van der Waals surface area (Å²) in [4.78, 5) is 17.5. The molecule has 1 heterocycles. The van der Waals surface area contributed by atoms with Gasteiger partial charge in [0.1, 0.15) is 5.75 Å². The van der Waals surface area contributed by atoms with Crippen molar-refractivity contribution in [2.75, 3.05) is 12.9 Å². The first-order chi connectivity index (χ1) is 14.3. The molecule has 1 aromatic heterocycles. The molecule has 2 aromatic carbocycles. The molecule has 0 atom stereocenters. The van der Waals surface area contributed by atoms with Gasteiger partial charge in [0.15, 0.2) is 14.6 Å². The first-order valence-corrected chi connectivity index (χ1v) is 12.0. The Morgan fingerprint density at radius 2 is 1.97 bits per heavy atom. The molecule has 3 aromatic rings. The lowest BCUT2D eigenvalue weighted by molar-refractivity contribution is -0.118. The zero-order valence-electron chi connectivity index (χ0n) is 17.0. The first kappa shape index (κ1) is 22.0. The van der Waals surface area contributed by atoms with E-state index in [2.05, 4.69) is 11.6 Å². The molecular formula is C22H24N2O4S2. The van der Waals surface area contributed by atoms with E-state index >= 15 is 0 Å². The molecule has 0 N–H and O–H groups in total. The van der Waals surface area contributed by atoms with E-state index in [-0.39, 0.29) is 29.4 Å². The molecule has 6 nitrogen and oxygen atoms in total. The second-order valence-corrected chi connectivity index (χ2v) is 9.98. The fourth-order valence-electron chi connectivity index (χ4n) is 3.01. The number of thiazole rings is 1. The van der Waals surface area contributed by atoms with Crippen molar-refractivity contribution in [1.82, 2.24) is 4.57 Å². The Balaban J connectivity index is 1.76. The summed E-state index contributed by atoms with van der Waals surface area (Å²) in [5, 5.41) is 0. The molecule has 0 aliphatic heterocycles. The molecule has 0 spiro atoms. The third-order valence-electron chi connectivity index (χ3n) is 4.61.